The zero-order chi connectivity index (χ0) is 15.6. The first kappa shape index (κ1) is 15.5. The molecule has 1 amide bonds. The summed E-state index contributed by atoms with van der Waals surface area (Å²) in [6.45, 7) is 1.71. The number of anilines is 2. The van der Waals surface area contributed by atoms with Gasteiger partial charge in [0, 0.05) is 24.1 Å². The average Bonchev–Trinajstić information content (AvgIpc) is 2.37. The Labute approximate surface area is 131 Å². The van der Waals surface area contributed by atoms with E-state index >= 15 is 0 Å². The number of hydrogen-bond donors (Lipinski definition) is 1. The first-order valence-corrected chi connectivity index (χ1v) is 7.22. The monoisotopic (exact) mass is 350 g/mol. The second kappa shape index (κ2) is 6.26. The van der Waals surface area contributed by atoms with Gasteiger partial charge < -0.3 is 10.2 Å². The lowest BCUT2D eigenvalue weighted by molar-refractivity contribution is 0.102. The summed E-state index contributed by atoms with van der Waals surface area (Å²) in [7, 11) is 3.81. The summed E-state index contributed by atoms with van der Waals surface area (Å²) in [4.78, 5) is 14.3. The van der Waals surface area contributed by atoms with Crippen molar-refractivity contribution in [2.45, 2.75) is 6.92 Å². The molecule has 0 aromatic heterocycles. The van der Waals surface area contributed by atoms with E-state index in [2.05, 4.69) is 21.2 Å². The maximum atomic E-state index is 13.1. The maximum Gasteiger partial charge on any atom is 0.255 e. The Hall–Kier alpha value is -1.88. The van der Waals surface area contributed by atoms with Gasteiger partial charge in [0.05, 0.1) is 11.4 Å². The molecule has 0 spiro atoms. The van der Waals surface area contributed by atoms with Crippen LogP contribution in [0.5, 0.6) is 0 Å². The second-order valence-corrected chi connectivity index (χ2v) is 5.88. The number of aryl methyl sites for hydroxylation is 1. The lowest BCUT2D eigenvalue weighted by atomic mass is 10.1. The van der Waals surface area contributed by atoms with Gasteiger partial charge in [0.2, 0.25) is 0 Å². The van der Waals surface area contributed by atoms with Gasteiger partial charge in [-0.15, -0.1) is 0 Å². The third-order valence-corrected chi connectivity index (χ3v) is 3.61. The largest absolute Gasteiger partial charge is 0.376 e. The zero-order valence-electron chi connectivity index (χ0n) is 12.1. The van der Waals surface area contributed by atoms with Crippen LogP contribution in [0.25, 0.3) is 0 Å². The Morgan fingerprint density at radius 1 is 1.19 bits per heavy atom. The number of rotatable bonds is 3. The molecule has 110 valence electrons. The molecule has 0 heterocycles. The SMILES string of the molecule is Cc1cc(F)ccc1C(=O)Nc1cc(Br)ccc1N(C)C. The third kappa shape index (κ3) is 3.61. The highest BCUT2D eigenvalue weighted by Gasteiger charge is 2.13. The van der Waals surface area contributed by atoms with Crippen molar-refractivity contribution in [3.63, 3.8) is 0 Å². The van der Waals surface area contributed by atoms with Crippen LogP contribution in [0.1, 0.15) is 15.9 Å². The molecule has 5 heteroatoms. The number of carbonyl (C=O) groups is 1. The molecule has 0 unspecified atom stereocenters. The summed E-state index contributed by atoms with van der Waals surface area (Å²) in [5.41, 5.74) is 2.66. The van der Waals surface area contributed by atoms with Crippen LogP contribution < -0.4 is 10.2 Å². The number of nitrogens with zero attached hydrogens (tertiary/aromatic N) is 1. The third-order valence-electron chi connectivity index (χ3n) is 3.12. The van der Waals surface area contributed by atoms with E-state index in [1.807, 2.05) is 37.2 Å². The highest BCUT2D eigenvalue weighted by molar-refractivity contribution is 9.10. The molecule has 1 N–H and O–H groups in total. The molecule has 0 saturated heterocycles. The molecule has 0 aliphatic heterocycles. The van der Waals surface area contributed by atoms with E-state index in [0.29, 0.717) is 16.8 Å². The van der Waals surface area contributed by atoms with Gasteiger partial charge in [-0.3, -0.25) is 4.79 Å². The first-order chi connectivity index (χ1) is 9.88. The van der Waals surface area contributed by atoms with Crippen molar-refractivity contribution in [3.8, 4) is 0 Å². The molecule has 0 fully saturated rings. The molecule has 0 aliphatic carbocycles. The van der Waals surface area contributed by atoms with Crippen LogP contribution in [0.2, 0.25) is 0 Å². The Balaban J connectivity index is 2.33. The Bertz CT molecular complexity index is 686. The van der Waals surface area contributed by atoms with E-state index in [1.165, 1.54) is 18.2 Å². The normalized spacial score (nSPS) is 10.3. The number of carbonyl (C=O) groups excluding carboxylic acids is 1. The standard InChI is InChI=1S/C16H16BrFN2O/c1-10-8-12(18)5-6-13(10)16(21)19-14-9-11(17)4-7-15(14)20(2)3/h4-9H,1-3H3,(H,19,21). The predicted octanol–water partition coefficient (Wildman–Crippen LogP) is 4.21. The summed E-state index contributed by atoms with van der Waals surface area (Å²) in [5, 5.41) is 2.88. The minimum Gasteiger partial charge on any atom is -0.376 e. The van der Waals surface area contributed by atoms with Crippen molar-refractivity contribution in [3.05, 3.63) is 57.8 Å². The topological polar surface area (TPSA) is 32.3 Å². The van der Waals surface area contributed by atoms with Crippen molar-refractivity contribution in [1.29, 1.82) is 0 Å². The van der Waals surface area contributed by atoms with Crippen molar-refractivity contribution in [2.75, 3.05) is 24.3 Å². The Kier molecular flexibility index (Phi) is 4.63. The molecule has 2 rings (SSSR count). The molecule has 0 atom stereocenters. The van der Waals surface area contributed by atoms with E-state index in [9.17, 15) is 9.18 Å². The summed E-state index contributed by atoms with van der Waals surface area (Å²) in [6, 6.07) is 9.79. The Morgan fingerprint density at radius 2 is 1.90 bits per heavy atom. The van der Waals surface area contributed by atoms with E-state index < -0.39 is 0 Å². The average molecular weight is 351 g/mol. The highest BCUT2D eigenvalue weighted by atomic mass is 79.9. The number of amides is 1. The van der Waals surface area contributed by atoms with Crippen molar-refractivity contribution >= 4 is 33.2 Å². The molecule has 0 radical (unpaired) electrons. The molecule has 3 nitrogen and oxygen atoms in total. The minimum absolute atomic E-state index is 0.256. The number of nitrogens with one attached hydrogen (secondary N) is 1. The van der Waals surface area contributed by atoms with Crippen LogP contribution in [0, 0.1) is 12.7 Å². The fraction of sp³-hybridized carbons (Fsp3) is 0.188. The summed E-state index contributed by atoms with van der Waals surface area (Å²) < 4.78 is 14.0. The van der Waals surface area contributed by atoms with Crippen molar-refractivity contribution in [1.82, 2.24) is 0 Å². The molecule has 0 aliphatic rings. The van der Waals surface area contributed by atoms with E-state index in [-0.39, 0.29) is 11.7 Å². The van der Waals surface area contributed by atoms with E-state index in [1.54, 1.807) is 6.92 Å². The molecule has 2 aromatic carbocycles. The van der Waals surface area contributed by atoms with Gasteiger partial charge >= 0.3 is 0 Å². The number of halogens is 2. The summed E-state index contributed by atoms with van der Waals surface area (Å²) >= 11 is 3.40. The first-order valence-electron chi connectivity index (χ1n) is 6.43. The van der Waals surface area contributed by atoms with Crippen LogP contribution in [-0.4, -0.2) is 20.0 Å². The minimum atomic E-state index is -0.347. The van der Waals surface area contributed by atoms with Gasteiger partial charge in [-0.1, -0.05) is 15.9 Å². The van der Waals surface area contributed by atoms with Gasteiger partial charge in [0.1, 0.15) is 5.82 Å². The predicted molar refractivity (Wildman–Crippen MR) is 87.6 cm³/mol. The number of hydrogen-bond acceptors (Lipinski definition) is 2. The van der Waals surface area contributed by atoms with Crippen LogP contribution in [0.15, 0.2) is 40.9 Å². The quantitative estimate of drug-likeness (QED) is 0.898. The highest BCUT2D eigenvalue weighted by Crippen LogP contribution is 2.28. The van der Waals surface area contributed by atoms with Gasteiger partial charge in [0.15, 0.2) is 0 Å². The molecular weight excluding hydrogens is 335 g/mol. The second-order valence-electron chi connectivity index (χ2n) is 4.97. The van der Waals surface area contributed by atoms with Gasteiger partial charge in [-0.25, -0.2) is 4.39 Å². The molecule has 0 bridgehead atoms. The smallest absolute Gasteiger partial charge is 0.255 e. The lowest BCUT2D eigenvalue weighted by Crippen LogP contribution is -2.17. The number of benzene rings is 2. The molecule has 0 saturated carbocycles. The van der Waals surface area contributed by atoms with Gasteiger partial charge in [-0.05, 0) is 48.9 Å². The van der Waals surface area contributed by atoms with Gasteiger partial charge in [0.25, 0.3) is 5.91 Å². The fourth-order valence-corrected chi connectivity index (χ4v) is 2.43. The van der Waals surface area contributed by atoms with E-state index in [0.717, 1.165) is 10.2 Å². The molecular formula is C16H16BrFN2O. The zero-order valence-corrected chi connectivity index (χ0v) is 13.7. The van der Waals surface area contributed by atoms with Crippen molar-refractivity contribution in [2.24, 2.45) is 0 Å². The fourth-order valence-electron chi connectivity index (χ4n) is 2.07. The summed E-state index contributed by atoms with van der Waals surface area (Å²) in [5.74, 6) is -0.603. The van der Waals surface area contributed by atoms with Crippen molar-refractivity contribution < 1.29 is 9.18 Å². The maximum absolute atomic E-state index is 13.1. The van der Waals surface area contributed by atoms with Crippen LogP contribution in [0.4, 0.5) is 15.8 Å². The lowest BCUT2D eigenvalue weighted by Gasteiger charge is -2.18. The molecule has 2 aromatic rings. The van der Waals surface area contributed by atoms with Crippen LogP contribution >= 0.6 is 15.9 Å². The van der Waals surface area contributed by atoms with Crippen LogP contribution in [0.3, 0.4) is 0 Å². The Morgan fingerprint density at radius 3 is 2.52 bits per heavy atom. The van der Waals surface area contributed by atoms with E-state index in [4.69, 9.17) is 0 Å². The molecule has 21 heavy (non-hydrogen) atoms. The van der Waals surface area contributed by atoms with Crippen LogP contribution in [-0.2, 0) is 0 Å². The summed E-state index contributed by atoms with van der Waals surface area (Å²) in [6.07, 6.45) is 0. The van der Waals surface area contributed by atoms with Gasteiger partial charge in [-0.2, -0.15) is 0 Å².